The average molecular weight is 270 g/mol. The lowest BCUT2D eigenvalue weighted by molar-refractivity contribution is -0.126. The summed E-state index contributed by atoms with van der Waals surface area (Å²) in [6.07, 6.45) is 1.65. The molecule has 1 aromatic rings. The van der Waals surface area contributed by atoms with Gasteiger partial charge in [0.25, 0.3) is 0 Å². The van der Waals surface area contributed by atoms with Crippen LogP contribution in [0, 0.1) is 5.41 Å². The first-order valence-electron chi connectivity index (χ1n) is 4.96. The molecule has 2 nitrogen and oxygen atoms in total. The Morgan fingerprint density at radius 3 is 2.67 bits per heavy atom. The van der Waals surface area contributed by atoms with Crippen LogP contribution in [-0.4, -0.2) is 5.91 Å². The zero-order chi connectivity index (χ0) is 11.5. The average Bonchev–Trinajstić information content (AvgIpc) is 2.15. The van der Waals surface area contributed by atoms with Crippen LogP contribution in [0.3, 0.4) is 0 Å². The fourth-order valence-corrected chi connectivity index (χ4v) is 1.72. The minimum Gasteiger partial charge on any atom is -0.369 e. The van der Waals surface area contributed by atoms with Crippen LogP contribution in [0.15, 0.2) is 28.7 Å². The molecule has 0 spiro atoms. The van der Waals surface area contributed by atoms with Crippen LogP contribution >= 0.6 is 15.9 Å². The van der Waals surface area contributed by atoms with Crippen molar-refractivity contribution in [2.45, 2.75) is 26.7 Å². The summed E-state index contributed by atoms with van der Waals surface area (Å²) in [6, 6.07) is 8.11. The molecule has 3 heteroatoms. The molecule has 0 atom stereocenters. The number of benzene rings is 1. The number of carbonyl (C=O) groups is 1. The van der Waals surface area contributed by atoms with Crippen molar-refractivity contribution in [3.8, 4) is 0 Å². The maximum absolute atomic E-state index is 11.1. The Hall–Kier alpha value is -0.830. The molecule has 0 aliphatic carbocycles. The predicted octanol–water partition coefficient (Wildman–Crippen LogP) is 2.89. The number of nitrogens with two attached hydrogens (primary N) is 1. The summed E-state index contributed by atoms with van der Waals surface area (Å²) < 4.78 is 1.07. The Labute approximate surface area is 99.0 Å². The van der Waals surface area contributed by atoms with Crippen molar-refractivity contribution < 1.29 is 4.79 Å². The number of amides is 1. The van der Waals surface area contributed by atoms with Crippen LogP contribution in [0.2, 0.25) is 0 Å². The van der Waals surface area contributed by atoms with Crippen LogP contribution in [0.1, 0.15) is 25.8 Å². The number of hydrogen-bond donors (Lipinski definition) is 1. The topological polar surface area (TPSA) is 43.1 Å². The number of carbonyl (C=O) groups excluding carboxylic acids is 1. The highest BCUT2D eigenvalue weighted by atomic mass is 79.9. The third-order valence-corrected chi connectivity index (χ3v) is 3.09. The van der Waals surface area contributed by atoms with Crippen LogP contribution in [-0.2, 0) is 11.2 Å². The minimum absolute atomic E-state index is 0.238. The SMILES string of the molecule is CC(C)(CCc1cccc(Br)c1)C(N)=O. The van der Waals surface area contributed by atoms with E-state index >= 15 is 0 Å². The normalized spacial score (nSPS) is 11.4. The second-order valence-electron chi connectivity index (χ2n) is 4.38. The van der Waals surface area contributed by atoms with E-state index in [1.165, 1.54) is 5.56 Å². The lowest BCUT2D eigenvalue weighted by Crippen LogP contribution is -2.31. The zero-order valence-corrected chi connectivity index (χ0v) is 10.7. The molecule has 0 heterocycles. The van der Waals surface area contributed by atoms with Gasteiger partial charge in [-0.15, -0.1) is 0 Å². The fourth-order valence-electron chi connectivity index (χ4n) is 1.27. The molecule has 0 fully saturated rings. The molecule has 82 valence electrons. The number of halogens is 1. The van der Waals surface area contributed by atoms with Gasteiger partial charge in [-0.3, -0.25) is 4.79 Å². The highest BCUT2D eigenvalue weighted by molar-refractivity contribution is 9.10. The van der Waals surface area contributed by atoms with Crippen molar-refractivity contribution >= 4 is 21.8 Å². The molecule has 1 rings (SSSR count). The molecule has 1 amide bonds. The van der Waals surface area contributed by atoms with Crippen molar-refractivity contribution in [2.75, 3.05) is 0 Å². The van der Waals surface area contributed by atoms with Crippen molar-refractivity contribution in [1.82, 2.24) is 0 Å². The fraction of sp³-hybridized carbons (Fsp3) is 0.417. The van der Waals surface area contributed by atoms with Gasteiger partial charge >= 0.3 is 0 Å². The van der Waals surface area contributed by atoms with Crippen LogP contribution in [0.5, 0.6) is 0 Å². The van der Waals surface area contributed by atoms with E-state index in [1.54, 1.807) is 0 Å². The second kappa shape index (κ2) is 4.79. The van der Waals surface area contributed by atoms with Gasteiger partial charge in [-0.25, -0.2) is 0 Å². The standard InChI is InChI=1S/C12H16BrNO/c1-12(2,11(14)15)7-6-9-4-3-5-10(13)8-9/h3-5,8H,6-7H2,1-2H3,(H2,14,15). The number of aryl methyl sites for hydroxylation is 1. The molecule has 1 aromatic carbocycles. The molecule has 0 radical (unpaired) electrons. The smallest absolute Gasteiger partial charge is 0.223 e. The Bertz CT molecular complexity index is 360. The maximum atomic E-state index is 11.1. The van der Waals surface area contributed by atoms with Gasteiger partial charge in [-0.05, 0) is 30.5 Å². The lowest BCUT2D eigenvalue weighted by Gasteiger charge is -2.19. The third-order valence-electron chi connectivity index (χ3n) is 2.59. The highest BCUT2D eigenvalue weighted by Gasteiger charge is 2.24. The first kappa shape index (κ1) is 12.2. The summed E-state index contributed by atoms with van der Waals surface area (Å²) in [4.78, 5) is 11.1. The van der Waals surface area contributed by atoms with E-state index < -0.39 is 5.41 Å². The van der Waals surface area contributed by atoms with Gasteiger partial charge in [-0.2, -0.15) is 0 Å². The van der Waals surface area contributed by atoms with Crippen molar-refractivity contribution in [3.05, 3.63) is 34.3 Å². The Kier molecular flexibility index (Phi) is 3.91. The van der Waals surface area contributed by atoms with Crippen molar-refractivity contribution in [2.24, 2.45) is 11.1 Å². The monoisotopic (exact) mass is 269 g/mol. The lowest BCUT2D eigenvalue weighted by atomic mass is 9.86. The number of primary amides is 1. The van der Waals surface area contributed by atoms with Crippen LogP contribution < -0.4 is 5.73 Å². The van der Waals surface area contributed by atoms with E-state index in [4.69, 9.17) is 5.73 Å². The van der Waals surface area contributed by atoms with E-state index in [-0.39, 0.29) is 5.91 Å². The summed E-state index contributed by atoms with van der Waals surface area (Å²) in [5, 5.41) is 0. The van der Waals surface area contributed by atoms with E-state index in [2.05, 4.69) is 28.1 Å². The molecule has 0 saturated heterocycles. The summed E-state index contributed by atoms with van der Waals surface area (Å²) in [7, 11) is 0. The minimum atomic E-state index is -0.428. The van der Waals surface area contributed by atoms with E-state index in [9.17, 15) is 4.79 Å². The first-order chi connectivity index (χ1) is 6.92. The van der Waals surface area contributed by atoms with Gasteiger partial charge in [0.05, 0.1) is 0 Å². The molecule has 15 heavy (non-hydrogen) atoms. The van der Waals surface area contributed by atoms with E-state index in [0.717, 1.165) is 17.3 Å². The predicted molar refractivity (Wildman–Crippen MR) is 65.4 cm³/mol. The molecule has 0 unspecified atom stereocenters. The van der Waals surface area contributed by atoms with Crippen LogP contribution in [0.4, 0.5) is 0 Å². The molecule has 0 saturated carbocycles. The molecule has 0 bridgehead atoms. The molecule has 2 N–H and O–H groups in total. The Morgan fingerprint density at radius 2 is 2.13 bits per heavy atom. The molecule has 0 aromatic heterocycles. The highest BCUT2D eigenvalue weighted by Crippen LogP contribution is 2.23. The zero-order valence-electron chi connectivity index (χ0n) is 9.09. The molecular weight excluding hydrogens is 254 g/mol. The second-order valence-corrected chi connectivity index (χ2v) is 5.29. The largest absolute Gasteiger partial charge is 0.369 e. The quantitative estimate of drug-likeness (QED) is 0.898. The van der Waals surface area contributed by atoms with E-state index in [1.807, 2.05) is 26.0 Å². The van der Waals surface area contributed by atoms with Crippen molar-refractivity contribution in [1.29, 1.82) is 0 Å². The molecular formula is C12H16BrNO. The Balaban J connectivity index is 2.61. The van der Waals surface area contributed by atoms with Gasteiger partial charge in [0.2, 0.25) is 5.91 Å². The summed E-state index contributed by atoms with van der Waals surface area (Å²) >= 11 is 3.42. The van der Waals surface area contributed by atoms with Gasteiger partial charge in [-0.1, -0.05) is 41.9 Å². The summed E-state index contributed by atoms with van der Waals surface area (Å²) in [5.41, 5.74) is 6.11. The van der Waals surface area contributed by atoms with Gasteiger partial charge in [0, 0.05) is 9.89 Å². The van der Waals surface area contributed by atoms with Crippen LogP contribution in [0.25, 0.3) is 0 Å². The first-order valence-corrected chi connectivity index (χ1v) is 5.75. The number of rotatable bonds is 4. The van der Waals surface area contributed by atoms with E-state index in [0.29, 0.717) is 0 Å². The molecule has 0 aliphatic heterocycles. The maximum Gasteiger partial charge on any atom is 0.223 e. The molecule has 0 aliphatic rings. The third kappa shape index (κ3) is 3.67. The van der Waals surface area contributed by atoms with Crippen molar-refractivity contribution in [3.63, 3.8) is 0 Å². The number of hydrogen-bond acceptors (Lipinski definition) is 1. The van der Waals surface area contributed by atoms with Gasteiger partial charge < -0.3 is 5.73 Å². The summed E-state index contributed by atoms with van der Waals surface area (Å²) in [5.74, 6) is -0.238. The van der Waals surface area contributed by atoms with Gasteiger partial charge in [0.15, 0.2) is 0 Å². The summed E-state index contributed by atoms with van der Waals surface area (Å²) in [6.45, 7) is 3.76. The Morgan fingerprint density at radius 1 is 1.47 bits per heavy atom. The van der Waals surface area contributed by atoms with Gasteiger partial charge in [0.1, 0.15) is 0 Å².